The fourth-order valence-electron chi connectivity index (χ4n) is 1.17. The molecule has 0 radical (unpaired) electrons. The highest BCUT2D eigenvalue weighted by Gasteiger charge is 2.13. The quantitative estimate of drug-likeness (QED) is 0.446. The van der Waals surface area contributed by atoms with Crippen molar-refractivity contribution in [3.8, 4) is 0 Å². The van der Waals surface area contributed by atoms with Crippen molar-refractivity contribution in [2.45, 2.75) is 46.1 Å². The molecule has 0 N–H and O–H groups in total. The lowest BCUT2D eigenvalue weighted by Gasteiger charge is -2.11. The van der Waals surface area contributed by atoms with Gasteiger partial charge in [0.15, 0.2) is 0 Å². The van der Waals surface area contributed by atoms with Crippen molar-refractivity contribution >= 4 is 20.2 Å². The Bertz CT molecular complexity index is 412. The second kappa shape index (κ2) is 8.08. The molecule has 1 unspecified atom stereocenters. The Morgan fingerprint density at radius 2 is 1.50 bits per heavy atom. The van der Waals surface area contributed by atoms with Crippen molar-refractivity contribution < 1.29 is 25.2 Å². The van der Waals surface area contributed by atoms with Crippen molar-refractivity contribution in [1.29, 1.82) is 0 Å². The SMILES string of the molecule is CCS(=O)(=O)OCCCCC(C)OS(=O)(=O)CC. The zero-order valence-corrected chi connectivity index (χ0v) is 12.7. The molecular weight excluding hydrogens is 280 g/mol. The average molecular weight is 302 g/mol. The Hall–Kier alpha value is -0.180. The van der Waals surface area contributed by atoms with Crippen LogP contribution in [0.1, 0.15) is 40.0 Å². The van der Waals surface area contributed by atoms with E-state index < -0.39 is 26.3 Å². The van der Waals surface area contributed by atoms with E-state index in [4.69, 9.17) is 8.37 Å². The summed E-state index contributed by atoms with van der Waals surface area (Å²) in [5, 5.41) is 0. The first-order valence-corrected chi connectivity index (χ1v) is 9.16. The van der Waals surface area contributed by atoms with E-state index in [1.165, 1.54) is 13.8 Å². The van der Waals surface area contributed by atoms with Crippen LogP contribution in [-0.4, -0.2) is 41.1 Å². The van der Waals surface area contributed by atoms with Gasteiger partial charge in [-0.2, -0.15) is 16.8 Å². The summed E-state index contributed by atoms with van der Waals surface area (Å²) in [5.41, 5.74) is 0. The second-order valence-electron chi connectivity index (χ2n) is 3.92. The Labute approximate surface area is 110 Å². The third kappa shape index (κ3) is 8.84. The molecule has 0 aliphatic heterocycles. The number of hydrogen-bond donors (Lipinski definition) is 0. The fraction of sp³-hybridized carbons (Fsp3) is 1.00. The predicted octanol–water partition coefficient (Wildman–Crippen LogP) is 1.28. The monoisotopic (exact) mass is 302 g/mol. The van der Waals surface area contributed by atoms with Crippen LogP contribution in [0.2, 0.25) is 0 Å². The van der Waals surface area contributed by atoms with E-state index in [-0.39, 0.29) is 18.1 Å². The van der Waals surface area contributed by atoms with Crippen molar-refractivity contribution in [2.24, 2.45) is 0 Å². The van der Waals surface area contributed by atoms with Crippen LogP contribution in [0, 0.1) is 0 Å². The van der Waals surface area contributed by atoms with Crippen LogP contribution in [-0.2, 0) is 28.6 Å². The van der Waals surface area contributed by atoms with Crippen LogP contribution >= 0.6 is 0 Å². The first-order chi connectivity index (χ1) is 8.22. The zero-order valence-electron chi connectivity index (χ0n) is 11.1. The molecule has 0 fully saturated rings. The Morgan fingerprint density at radius 3 is 2.00 bits per heavy atom. The average Bonchev–Trinajstić information content (AvgIpc) is 2.28. The van der Waals surface area contributed by atoms with Gasteiger partial charge < -0.3 is 0 Å². The minimum atomic E-state index is -3.42. The molecular formula is C10H22O6S2. The fourth-order valence-corrected chi connectivity index (χ4v) is 2.44. The first kappa shape index (κ1) is 17.8. The van der Waals surface area contributed by atoms with E-state index in [9.17, 15) is 16.8 Å². The maximum Gasteiger partial charge on any atom is 0.267 e. The van der Waals surface area contributed by atoms with Gasteiger partial charge in [0.05, 0.1) is 24.2 Å². The van der Waals surface area contributed by atoms with Crippen LogP contribution in [0.3, 0.4) is 0 Å². The Kier molecular flexibility index (Phi) is 8.00. The summed E-state index contributed by atoms with van der Waals surface area (Å²) in [7, 11) is -6.80. The largest absolute Gasteiger partial charge is 0.270 e. The second-order valence-corrected chi connectivity index (χ2v) is 7.73. The summed E-state index contributed by atoms with van der Waals surface area (Å²) in [6.45, 7) is 4.84. The summed E-state index contributed by atoms with van der Waals surface area (Å²) >= 11 is 0. The minimum absolute atomic E-state index is 0.0404. The van der Waals surface area contributed by atoms with Crippen molar-refractivity contribution in [2.75, 3.05) is 18.1 Å². The lowest BCUT2D eigenvalue weighted by molar-refractivity contribution is 0.209. The van der Waals surface area contributed by atoms with E-state index in [0.717, 1.165) is 0 Å². The van der Waals surface area contributed by atoms with Crippen LogP contribution in [0.15, 0.2) is 0 Å². The van der Waals surface area contributed by atoms with Gasteiger partial charge in [0, 0.05) is 0 Å². The maximum atomic E-state index is 11.1. The molecule has 1 atom stereocenters. The highest BCUT2D eigenvalue weighted by Crippen LogP contribution is 2.09. The molecule has 0 saturated carbocycles. The standard InChI is InChI=1S/C10H22O6S2/c1-4-17(11,12)15-9-7-6-8-10(3)16-18(13,14)5-2/h10H,4-9H2,1-3H3. The maximum absolute atomic E-state index is 11.1. The van der Waals surface area contributed by atoms with Gasteiger partial charge in [0.1, 0.15) is 0 Å². The van der Waals surface area contributed by atoms with E-state index in [1.54, 1.807) is 6.92 Å². The van der Waals surface area contributed by atoms with Gasteiger partial charge in [0.25, 0.3) is 20.2 Å². The molecule has 0 aliphatic carbocycles. The van der Waals surface area contributed by atoms with Crippen LogP contribution < -0.4 is 0 Å². The lowest BCUT2D eigenvalue weighted by Crippen LogP contribution is -2.17. The van der Waals surface area contributed by atoms with E-state index >= 15 is 0 Å². The van der Waals surface area contributed by atoms with Crippen LogP contribution in [0.25, 0.3) is 0 Å². The molecule has 0 spiro atoms. The van der Waals surface area contributed by atoms with Crippen molar-refractivity contribution in [3.63, 3.8) is 0 Å². The summed E-state index contributed by atoms with van der Waals surface area (Å²) in [6, 6.07) is 0. The zero-order chi connectivity index (χ0) is 14.2. The number of unbranched alkanes of at least 4 members (excludes halogenated alkanes) is 1. The molecule has 0 rings (SSSR count). The topological polar surface area (TPSA) is 86.7 Å². The van der Waals surface area contributed by atoms with Gasteiger partial charge in [-0.1, -0.05) is 0 Å². The smallest absolute Gasteiger partial charge is 0.267 e. The highest BCUT2D eigenvalue weighted by molar-refractivity contribution is 7.86. The van der Waals surface area contributed by atoms with Gasteiger partial charge in [-0.15, -0.1) is 0 Å². The molecule has 8 heteroatoms. The summed E-state index contributed by atoms with van der Waals surface area (Å²) in [5.74, 6) is -0.0869. The summed E-state index contributed by atoms with van der Waals surface area (Å²) in [6.07, 6.45) is 1.37. The molecule has 0 aromatic rings. The molecule has 0 aromatic heterocycles. The molecule has 0 aliphatic rings. The van der Waals surface area contributed by atoms with Gasteiger partial charge in [-0.3, -0.25) is 8.37 Å². The Morgan fingerprint density at radius 1 is 0.944 bits per heavy atom. The molecule has 0 saturated heterocycles. The predicted molar refractivity (Wildman–Crippen MR) is 69.3 cm³/mol. The third-order valence-corrected chi connectivity index (χ3v) is 4.85. The lowest BCUT2D eigenvalue weighted by atomic mass is 10.2. The van der Waals surface area contributed by atoms with Crippen LogP contribution in [0.5, 0.6) is 0 Å². The highest BCUT2D eigenvalue weighted by atomic mass is 32.2. The van der Waals surface area contributed by atoms with Gasteiger partial charge in [-0.25, -0.2) is 0 Å². The number of rotatable bonds is 10. The normalized spacial score (nSPS) is 14.6. The van der Waals surface area contributed by atoms with Gasteiger partial charge >= 0.3 is 0 Å². The van der Waals surface area contributed by atoms with Crippen molar-refractivity contribution in [3.05, 3.63) is 0 Å². The molecule has 0 bridgehead atoms. The van der Waals surface area contributed by atoms with E-state index in [2.05, 4.69) is 0 Å². The summed E-state index contributed by atoms with van der Waals surface area (Å²) in [4.78, 5) is 0. The van der Waals surface area contributed by atoms with Gasteiger partial charge in [0.2, 0.25) is 0 Å². The Balaban J connectivity index is 3.74. The first-order valence-electron chi connectivity index (χ1n) is 6.00. The van der Waals surface area contributed by atoms with E-state index in [0.29, 0.717) is 19.3 Å². The molecule has 110 valence electrons. The third-order valence-electron chi connectivity index (χ3n) is 2.29. The molecule has 6 nitrogen and oxygen atoms in total. The number of hydrogen-bond acceptors (Lipinski definition) is 6. The van der Waals surface area contributed by atoms with Crippen molar-refractivity contribution in [1.82, 2.24) is 0 Å². The van der Waals surface area contributed by atoms with Gasteiger partial charge in [-0.05, 0) is 40.0 Å². The molecule has 18 heavy (non-hydrogen) atoms. The minimum Gasteiger partial charge on any atom is -0.270 e. The van der Waals surface area contributed by atoms with Crippen LogP contribution in [0.4, 0.5) is 0 Å². The molecule has 0 amide bonds. The van der Waals surface area contributed by atoms with E-state index in [1.807, 2.05) is 0 Å². The summed E-state index contributed by atoms with van der Waals surface area (Å²) < 4.78 is 53.8. The molecule has 0 aromatic carbocycles. The molecule has 0 heterocycles.